The van der Waals surface area contributed by atoms with Crippen molar-refractivity contribution in [3.63, 3.8) is 0 Å². The number of hydrogen-bond acceptors (Lipinski definition) is 4. The molecule has 122 valence electrons. The summed E-state index contributed by atoms with van der Waals surface area (Å²) in [5.74, 6) is -0.826. The second kappa shape index (κ2) is 6.12. The molecule has 6 heteroatoms. The number of imide groups is 1. The number of rotatable bonds is 3. The summed E-state index contributed by atoms with van der Waals surface area (Å²) in [4.78, 5) is 37.9. The molecule has 2 heterocycles. The van der Waals surface area contributed by atoms with Gasteiger partial charge in [-0.25, -0.2) is 4.79 Å². The predicted octanol–water partition coefficient (Wildman–Crippen LogP) is 1.27. The van der Waals surface area contributed by atoms with Gasteiger partial charge in [-0.15, -0.1) is 0 Å². The van der Waals surface area contributed by atoms with Gasteiger partial charge in [0.25, 0.3) is 0 Å². The van der Waals surface area contributed by atoms with Crippen LogP contribution >= 0.6 is 0 Å². The van der Waals surface area contributed by atoms with E-state index in [2.05, 4.69) is 10.6 Å². The number of urea groups is 1. The number of carbonyl (C=O) groups excluding carboxylic acids is 3. The molecule has 2 aliphatic rings. The number of carbonyl (C=O) groups is 3. The molecule has 6 nitrogen and oxygen atoms in total. The fraction of sp³-hybridized carbons (Fsp3) is 0.471. The zero-order chi connectivity index (χ0) is 16.6. The molecule has 2 fully saturated rings. The van der Waals surface area contributed by atoms with E-state index in [9.17, 15) is 14.4 Å². The van der Waals surface area contributed by atoms with Crippen LogP contribution in [0, 0.1) is 11.8 Å². The Hall–Kier alpha value is -2.21. The highest BCUT2D eigenvalue weighted by Crippen LogP contribution is 2.31. The number of nitrogens with one attached hydrogen (secondary N) is 2. The van der Waals surface area contributed by atoms with Crippen LogP contribution in [0.3, 0.4) is 0 Å². The molecule has 0 aliphatic carbocycles. The molecule has 0 saturated carbocycles. The minimum atomic E-state index is -0.401. The van der Waals surface area contributed by atoms with E-state index in [1.54, 1.807) is 11.8 Å². The Balaban J connectivity index is 1.84. The molecule has 1 aromatic carbocycles. The summed E-state index contributed by atoms with van der Waals surface area (Å²) >= 11 is 0. The Bertz CT molecular complexity index is 631. The maximum atomic E-state index is 12.3. The van der Waals surface area contributed by atoms with Crippen LogP contribution in [0.2, 0.25) is 0 Å². The van der Waals surface area contributed by atoms with Crippen LogP contribution in [-0.4, -0.2) is 34.8 Å². The maximum Gasteiger partial charge on any atom is 0.325 e. The summed E-state index contributed by atoms with van der Waals surface area (Å²) in [5.41, 5.74) is 0.999. The molecule has 0 aromatic heterocycles. The van der Waals surface area contributed by atoms with Crippen molar-refractivity contribution >= 4 is 17.7 Å². The van der Waals surface area contributed by atoms with Crippen LogP contribution in [0.1, 0.15) is 25.8 Å². The third-order valence-corrected chi connectivity index (χ3v) is 4.81. The maximum absolute atomic E-state index is 12.3. The number of amides is 3. The molecule has 3 amide bonds. The average molecular weight is 315 g/mol. The Morgan fingerprint density at radius 1 is 1.26 bits per heavy atom. The summed E-state index contributed by atoms with van der Waals surface area (Å²) < 4.78 is 0. The van der Waals surface area contributed by atoms with E-state index in [1.807, 2.05) is 37.3 Å². The molecule has 0 bridgehead atoms. The second-order valence-corrected chi connectivity index (χ2v) is 6.37. The van der Waals surface area contributed by atoms with Gasteiger partial charge in [0, 0.05) is 18.5 Å². The van der Waals surface area contributed by atoms with Crippen LogP contribution in [0.25, 0.3) is 0 Å². The Morgan fingerprint density at radius 3 is 2.61 bits per heavy atom. The third kappa shape index (κ3) is 2.99. The van der Waals surface area contributed by atoms with Gasteiger partial charge in [0.05, 0.1) is 12.1 Å². The number of hydrogen-bond donors (Lipinski definition) is 2. The first-order valence-corrected chi connectivity index (χ1v) is 7.89. The van der Waals surface area contributed by atoms with Gasteiger partial charge in [-0.3, -0.25) is 20.2 Å². The monoisotopic (exact) mass is 315 g/mol. The Labute approximate surface area is 135 Å². The minimum Gasteiger partial charge on any atom is -0.304 e. The van der Waals surface area contributed by atoms with Crippen molar-refractivity contribution in [3.05, 3.63) is 35.9 Å². The van der Waals surface area contributed by atoms with E-state index in [1.165, 1.54) is 0 Å². The molecule has 2 aliphatic heterocycles. The lowest BCUT2D eigenvalue weighted by molar-refractivity contribution is -0.134. The van der Waals surface area contributed by atoms with Crippen molar-refractivity contribution in [2.75, 3.05) is 0 Å². The van der Waals surface area contributed by atoms with Crippen molar-refractivity contribution < 1.29 is 14.4 Å². The van der Waals surface area contributed by atoms with Gasteiger partial charge in [0.1, 0.15) is 5.78 Å². The van der Waals surface area contributed by atoms with Crippen LogP contribution < -0.4 is 10.6 Å². The van der Waals surface area contributed by atoms with E-state index in [-0.39, 0.29) is 35.8 Å². The molecule has 4 atom stereocenters. The number of nitrogens with zero attached hydrogens (tertiary/aromatic N) is 1. The summed E-state index contributed by atoms with van der Waals surface area (Å²) in [6, 6.07) is 9.20. The topological polar surface area (TPSA) is 78.5 Å². The molecule has 2 N–H and O–H groups in total. The van der Waals surface area contributed by atoms with Crippen molar-refractivity contribution in [2.24, 2.45) is 11.8 Å². The van der Waals surface area contributed by atoms with Crippen molar-refractivity contribution in [2.45, 2.75) is 39.0 Å². The summed E-state index contributed by atoms with van der Waals surface area (Å²) in [5, 5.41) is 5.72. The quantitative estimate of drug-likeness (QED) is 0.880. The summed E-state index contributed by atoms with van der Waals surface area (Å²) in [6.07, 6.45) is 0.0977. The molecular formula is C17H21N3O3. The number of piperidine rings is 1. The fourth-order valence-corrected chi connectivity index (χ4v) is 3.53. The second-order valence-electron chi connectivity index (χ2n) is 6.37. The summed E-state index contributed by atoms with van der Waals surface area (Å²) in [6.45, 7) is 3.91. The van der Waals surface area contributed by atoms with Gasteiger partial charge in [0.2, 0.25) is 5.91 Å². The van der Waals surface area contributed by atoms with Gasteiger partial charge >= 0.3 is 6.03 Å². The first kappa shape index (κ1) is 15.7. The summed E-state index contributed by atoms with van der Waals surface area (Å²) in [7, 11) is 0. The first-order chi connectivity index (χ1) is 11.0. The van der Waals surface area contributed by atoms with Gasteiger partial charge in [-0.05, 0) is 25.8 Å². The zero-order valence-electron chi connectivity index (χ0n) is 13.3. The lowest BCUT2D eigenvalue weighted by atomic mass is 9.79. The molecule has 23 heavy (non-hydrogen) atoms. The first-order valence-electron chi connectivity index (χ1n) is 7.89. The molecule has 0 radical (unpaired) electrons. The highest BCUT2D eigenvalue weighted by atomic mass is 16.2. The minimum absolute atomic E-state index is 0.0641. The lowest BCUT2D eigenvalue weighted by Gasteiger charge is -2.47. The lowest BCUT2D eigenvalue weighted by Crippen LogP contribution is -2.69. The molecule has 4 unspecified atom stereocenters. The van der Waals surface area contributed by atoms with E-state index in [4.69, 9.17) is 0 Å². The average Bonchev–Trinajstić information content (AvgIpc) is 2.51. The largest absolute Gasteiger partial charge is 0.325 e. The molecule has 1 aromatic rings. The van der Waals surface area contributed by atoms with Crippen molar-refractivity contribution in [3.8, 4) is 0 Å². The smallest absolute Gasteiger partial charge is 0.304 e. The molecule has 3 rings (SSSR count). The van der Waals surface area contributed by atoms with Crippen molar-refractivity contribution in [1.29, 1.82) is 0 Å². The van der Waals surface area contributed by atoms with E-state index in [0.29, 0.717) is 13.0 Å². The number of ketones is 1. The highest BCUT2D eigenvalue weighted by molar-refractivity contribution is 5.99. The van der Waals surface area contributed by atoms with Crippen molar-refractivity contribution in [1.82, 2.24) is 15.5 Å². The Morgan fingerprint density at radius 2 is 1.96 bits per heavy atom. The van der Waals surface area contributed by atoms with Crippen LogP contribution in [0.15, 0.2) is 30.3 Å². The van der Waals surface area contributed by atoms with Gasteiger partial charge in [-0.2, -0.15) is 0 Å². The Kier molecular flexibility index (Phi) is 4.17. The third-order valence-electron chi connectivity index (χ3n) is 4.81. The van der Waals surface area contributed by atoms with Crippen LogP contribution in [0.5, 0.6) is 0 Å². The van der Waals surface area contributed by atoms with Crippen LogP contribution in [0.4, 0.5) is 4.79 Å². The van der Waals surface area contributed by atoms with Gasteiger partial charge < -0.3 is 4.90 Å². The van der Waals surface area contributed by atoms with E-state index in [0.717, 1.165) is 5.56 Å². The SMILES string of the molecule is CC(=O)C1CC2C(=O)NC(=O)N(Cc3ccccc3)C2NC1C. The number of Topliss-reactive ketones (excluding diaryl/α,β-unsaturated/α-hetero) is 1. The zero-order valence-corrected chi connectivity index (χ0v) is 13.3. The van der Waals surface area contributed by atoms with Crippen LogP contribution in [-0.2, 0) is 16.1 Å². The van der Waals surface area contributed by atoms with E-state index >= 15 is 0 Å². The number of benzene rings is 1. The molecule has 2 saturated heterocycles. The molecular weight excluding hydrogens is 294 g/mol. The van der Waals surface area contributed by atoms with E-state index < -0.39 is 5.92 Å². The van der Waals surface area contributed by atoms with Gasteiger partial charge in [-0.1, -0.05) is 30.3 Å². The number of fused-ring (bicyclic) bond motifs is 1. The normalized spacial score (nSPS) is 30.6. The highest BCUT2D eigenvalue weighted by Gasteiger charge is 2.47. The molecule has 0 spiro atoms. The van der Waals surface area contributed by atoms with Gasteiger partial charge in [0.15, 0.2) is 0 Å². The predicted molar refractivity (Wildman–Crippen MR) is 84.2 cm³/mol. The standard InChI is InChI=1S/C17H21N3O3/c1-10-13(11(2)21)8-14-15(18-10)20(17(23)19-16(14)22)9-12-6-4-3-5-7-12/h3-7,10,13-15,18H,8-9H2,1-2H3,(H,19,22,23). The fourth-order valence-electron chi connectivity index (χ4n) is 3.53.